The lowest BCUT2D eigenvalue weighted by Crippen LogP contribution is -2.02. The van der Waals surface area contributed by atoms with E-state index < -0.39 is 23.2 Å². The van der Waals surface area contributed by atoms with Crippen LogP contribution in [0.4, 0.5) is 8.78 Å². The smallest absolute Gasteiger partial charge is 0.338 e. The molecule has 72 valence electrons. The molecule has 0 bridgehead atoms. The van der Waals surface area contributed by atoms with Crippen LogP contribution >= 0.6 is 0 Å². The van der Waals surface area contributed by atoms with Crippen molar-refractivity contribution in [1.82, 2.24) is 0 Å². The van der Waals surface area contributed by atoms with Gasteiger partial charge in [0.1, 0.15) is 11.6 Å². The zero-order chi connectivity index (χ0) is 10.4. The Kier molecular flexibility index (Phi) is 4.57. The highest BCUT2D eigenvalue weighted by molar-refractivity contribution is 5.87. The normalized spacial score (nSPS) is 8.62. The van der Waals surface area contributed by atoms with Gasteiger partial charge in [0.2, 0.25) is 0 Å². The Balaban J connectivity index is 0.000000671. The predicted molar refractivity (Wildman–Crippen MR) is 41.7 cm³/mol. The van der Waals surface area contributed by atoms with E-state index in [1.165, 1.54) is 0 Å². The molecule has 13 heavy (non-hydrogen) atoms. The fraction of sp³-hybridized carbons (Fsp3) is 0. The lowest BCUT2D eigenvalue weighted by Gasteiger charge is -1.94. The topological polar surface area (TPSA) is 89.3 Å². The molecule has 1 aromatic rings. The summed E-state index contributed by atoms with van der Waals surface area (Å²) in [6, 6.07) is 2.31. The molecule has 4 nitrogen and oxygen atoms in total. The number of nitrogens with two attached hydrogens (primary N) is 2. The van der Waals surface area contributed by atoms with E-state index in [1.54, 1.807) is 0 Å². The molecule has 0 unspecified atom stereocenters. The Bertz CT molecular complexity index is 305. The molecule has 0 aliphatic carbocycles. The Morgan fingerprint density at radius 1 is 1.31 bits per heavy atom. The summed E-state index contributed by atoms with van der Waals surface area (Å²) < 4.78 is 24.7. The predicted octanol–water partition coefficient (Wildman–Crippen LogP) is 0.482. The number of carbonyl (C=O) groups is 1. The van der Waals surface area contributed by atoms with Gasteiger partial charge in [0, 0.05) is 6.07 Å². The molecule has 0 heterocycles. The summed E-state index contributed by atoms with van der Waals surface area (Å²) in [5.41, 5.74) is -0.522. The van der Waals surface area contributed by atoms with Gasteiger partial charge >= 0.3 is 5.97 Å². The van der Waals surface area contributed by atoms with Crippen molar-refractivity contribution >= 4 is 5.97 Å². The molecule has 5 N–H and O–H groups in total. The molecule has 0 atom stereocenters. The van der Waals surface area contributed by atoms with Gasteiger partial charge < -0.3 is 5.11 Å². The highest BCUT2D eigenvalue weighted by Crippen LogP contribution is 2.08. The van der Waals surface area contributed by atoms with Crippen molar-refractivity contribution in [3.8, 4) is 0 Å². The number of hydrazine groups is 1. The number of halogens is 2. The Morgan fingerprint density at radius 3 is 2.23 bits per heavy atom. The minimum atomic E-state index is -1.40. The number of carboxylic acids is 1. The first-order valence-electron chi connectivity index (χ1n) is 3.13. The second-order valence-electron chi connectivity index (χ2n) is 1.93. The zero-order valence-electron chi connectivity index (χ0n) is 6.50. The Hall–Kier alpha value is -1.53. The first kappa shape index (κ1) is 11.5. The van der Waals surface area contributed by atoms with Crippen LogP contribution in [-0.2, 0) is 0 Å². The summed E-state index contributed by atoms with van der Waals surface area (Å²) in [5, 5.41) is 8.29. The van der Waals surface area contributed by atoms with Gasteiger partial charge in [-0.15, -0.1) is 0 Å². The van der Waals surface area contributed by atoms with Gasteiger partial charge in [0.15, 0.2) is 0 Å². The summed E-state index contributed by atoms with van der Waals surface area (Å²) >= 11 is 0. The van der Waals surface area contributed by atoms with Gasteiger partial charge in [0.25, 0.3) is 0 Å². The minimum Gasteiger partial charge on any atom is -0.478 e. The fourth-order valence-electron chi connectivity index (χ4n) is 0.663. The standard InChI is InChI=1S/C7H4F2O2.H4N2/c8-4-1-2-5(7(10)11)6(9)3-4;1-2/h1-3H,(H,10,11);1-2H2. The molecule has 6 heteroatoms. The molecule has 0 aromatic heterocycles. The molecule has 0 aliphatic rings. The largest absolute Gasteiger partial charge is 0.478 e. The van der Waals surface area contributed by atoms with E-state index in [2.05, 4.69) is 11.7 Å². The number of hydrogen-bond acceptors (Lipinski definition) is 3. The third-order valence-corrected chi connectivity index (χ3v) is 1.16. The van der Waals surface area contributed by atoms with Crippen molar-refractivity contribution in [3.05, 3.63) is 35.4 Å². The third-order valence-electron chi connectivity index (χ3n) is 1.16. The van der Waals surface area contributed by atoms with Crippen LogP contribution in [-0.4, -0.2) is 11.1 Å². The molecular formula is C7H8F2N2O2. The zero-order valence-corrected chi connectivity index (χ0v) is 6.50. The van der Waals surface area contributed by atoms with Gasteiger partial charge in [0.05, 0.1) is 5.56 Å². The second kappa shape index (κ2) is 5.18. The SMILES string of the molecule is NN.O=C(O)c1ccc(F)cc1F. The summed E-state index contributed by atoms with van der Waals surface area (Å²) in [4.78, 5) is 10.2. The van der Waals surface area contributed by atoms with Crippen molar-refractivity contribution in [3.63, 3.8) is 0 Å². The van der Waals surface area contributed by atoms with Crippen LogP contribution in [0, 0.1) is 11.6 Å². The van der Waals surface area contributed by atoms with Crippen molar-refractivity contribution < 1.29 is 18.7 Å². The maximum absolute atomic E-state index is 12.5. The Morgan fingerprint density at radius 2 is 1.85 bits per heavy atom. The monoisotopic (exact) mass is 190 g/mol. The first-order chi connectivity index (χ1) is 6.11. The van der Waals surface area contributed by atoms with E-state index in [9.17, 15) is 13.6 Å². The van der Waals surface area contributed by atoms with Crippen molar-refractivity contribution in [2.75, 3.05) is 0 Å². The van der Waals surface area contributed by atoms with Crippen LogP contribution in [0.3, 0.4) is 0 Å². The van der Waals surface area contributed by atoms with E-state index in [0.717, 1.165) is 12.1 Å². The van der Waals surface area contributed by atoms with Crippen LogP contribution < -0.4 is 11.7 Å². The maximum Gasteiger partial charge on any atom is 0.338 e. The van der Waals surface area contributed by atoms with Crippen LogP contribution in [0.15, 0.2) is 18.2 Å². The van der Waals surface area contributed by atoms with E-state index >= 15 is 0 Å². The average Bonchev–Trinajstić information content (AvgIpc) is 2.07. The lowest BCUT2D eigenvalue weighted by atomic mass is 10.2. The molecular weight excluding hydrogens is 182 g/mol. The van der Waals surface area contributed by atoms with Crippen LogP contribution in [0.1, 0.15) is 10.4 Å². The summed E-state index contributed by atoms with van der Waals surface area (Å²) in [7, 11) is 0. The van der Waals surface area contributed by atoms with Crippen LogP contribution in [0.25, 0.3) is 0 Å². The summed E-state index contributed by atoms with van der Waals surface area (Å²) in [6.07, 6.45) is 0. The van der Waals surface area contributed by atoms with E-state index in [0.29, 0.717) is 6.07 Å². The van der Waals surface area contributed by atoms with E-state index in [-0.39, 0.29) is 0 Å². The van der Waals surface area contributed by atoms with Gasteiger partial charge in [-0.3, -0.25) is 11.7 Å². The molecule has 1 aromatic carbocycles. The number of benzene rings is 1. The van der Waals surface area contributed by atoms with E-state index in [1.807, 2.05) is 0 Å². The Labute approximate surface area is 72.7 Å². The van der Waals surface area contributed by atoms with Crippen LogP contribution in [0.5, 0.6) is 0 Å². The molecule has 0 saturated carbocycles. The minimum absolute atomic E-state index is 0.522. The number of aromatic carboxylic acids is 1. The summed E-state index contributed by atoms with van der Waals surface area (Å²) in [5.74, 6) is 4.76. The van der Waals surface area contributed by atoms with E-state index in [4.69, 9.17) is 5.11 Å². The molecule has 0 aliphatic heterocycles. The molecule has 0 radical (unpaired) electrons. The second-order valence-corrected chi connectivity index (χ2v) is 1.93. The van der Waals surface area contributed by atoms with Gasteiger partial charge in [-0.1, -0.05) is 0 Å². The molecule has 0 fully saturated rings. The molecule has 0 saturated heterocycles. The number of carboxylic acid groups (broad SMARTS) is 1. The number of hydrogen-bond donors (Lipinski definition) is 3. The lowest BCUT2D eigenvalue weighted by molar-refractivity contribution is 0.0692. The maximum atomic E-state index is 12.5. The van der Waals surface area contributed by atoms with Gasteiger partial charge in [-0.2, -0.15) is 0 Å². The number of rotatable bonds is 1. The van der Waals surface area contributed by atoms with Crippen molar-refractivity contribution in [2.45, 2.75) is 0 Å². The fourth-order valence-corrected chi connectivity index (χ4v) is 0.663. The molecule has 0 amide bonds. The quantitative estimate of drug-likeness (QED) is 0.444. The highest BCUT2D eigenvalue weighted by Gasteiger charge is 2.09. The third kappa shape index (κ3) is 3.14. The van der Waals surface area contributed by atoms with Crippen LogP contribution in [0.2, 0.25) is 0 Å². The van der Waals surface area contributed by atoms with Crippen molar-refractivity contribution in [1.29, 1.82) is 0 Å². The van der Waals surface area contributed by atoms with Gasteiger partial charge in [-0.25, -0.2) is 13.6 Å². The highest BCUT2D eigenvalue weighted by atomic mass is 19.1. The molecule has 0 spiro atoms. The summed E-state index contributed by atoms with van der Waals surface area (Å²) in [6.45, 7) is 0. The molecule has 1 rings (SSSR count). The first-order valence-corrected chi connectivity index (χ1v) is 3.13. The average molecular weight is 190 g/mol. The van der Waals surface area contributed by atoms with Crippen molar-refractivity contribution in [2.24, 2.45) is 11.7 Å². The van der Waals surface area contributed by atoms with Gasteiger partial charge in [-0.05, 0) is 12.1 Å².